The molecule has 0 saturated carbocycles. The minimum absolute atomic E-state index is 0.0344. The molecule has 1 N–H and O–H groups in total. The Hall–Kier alpha value is -0.130. The van der Waals surface area contributed by atoms with Crippen molar-refractivity contribution in [2.24, 2.45) is 0 Å². The van der Waals surface area contributed by atoms with E-state index in [2.05, 4.69) is 0 Å². The molecule has 66 valence electrons. The highest BCUT2D eigenvalue weighted by atomic mass is 32.2. The van der Waals surface area contributed by atoms with Crippen LogP contribution in [-0.2, 0) is 14.6 Å². The van der Waals surface area contributed by atoms with E-state index in [9.17, 15) is 8.42 Å². The summed E-state index contributed by atoms with van der Waals surface area (Å²) < 4.78 is 26.8. The molecule has 0 amide bonds. The predicted molar refractivity (Wildman–Crippen MR) is 39.8 cm³/mol. The third kappa shape index (κ3) is 1.91. The number of methoxy groups -OCH3 is 1. The van der Waals surface area contributed by atoms with E-state index in [4.69, 9.17) is 9.84 Å². The summed E-state index contributed by atoms with van der Waals surface area (Å²) in [5.74, 6) is 0.0344. The molecule has 0 aromatic heterocycles. The van der Waals surface area contributed by atoms with Crippen LogP contribution in [0.25, 0.3) is 0 Å². The topological polar surface area (TPSA) is 63.6 Å². The Kier molecular flexibility index (Phi) is 2.51. The van der Waals surface area contributed by atoms with Crippen LogP contribution < -0.4 is 0 Å². The minimum atomic E-state index is -3.23. The summed E-state index contributed by atoms with van der Waals surface area (Å²) in [6.07, 6.45) is 0.600. The van der Waals surface area contributed by atoms with Gasteiger partial charge in [0.1, 0.15) is 0 Å². The molecule has 1 aliphatic rings. The van der Waals surface area contributed by atoms with Crippen molar-refractivity contribution in [2.75, 3.05) is 12.9 Å². The molecule has 1 saturated heterocycles. The van der Waals surface area contributed by atoms with Crippen LogP contribution in [0.15, 0.2) is 0 Å². The lowest BCUT2D eigenvalue weighted by Gasteiger charge is -2.24. The summed E-state index contributed by atoms with van der Waals surface area (Å²) in [4.78, 5) is 0. The Morgan fingerprint density at radius 3 is 2.64 bits per heavy atom. The highest BCUT2D eigenvalue weighted by Gasteiger charge is 2.32. The van der Waals surface area contributed by atoms with E-state index in [1.165, 1.54) is 7.11 Å². The minimum Gasteiger partial charge on any atom is -0.381 e. The van der Waals surface area contributed by atoms with E-state index in [0.717, 1.165) is 0 Å². The standard InChI is InChI=1S/C6H12O4S/c1-10-5-2-3-11(8,9)6(7)4-5/h5-7H,2-4H2,1H3. The molecular weight excluding hydrogens is 168 g/mol. The lowest BCUT2D eigenvalue weighted by Crippen LogP contribution is -2.36. The largest absolute Gasteiger partial charge is 0.381 e. The molecule has 1 rings (SSSR count). The van der Waals surface area contributed by atoms with Gasteiger partial charge in [0, 0.05) is 13.5 Å². The van der Waals surface area contributed by atoms with E-state index in [-0.39, 0.29) is 18.3 Å². The van der Waals surface area contributed by atoms with Crippen LogP contribution in [0.3, 0.4) is 0 Å². The molecule has 0 radical (unpaired) electrons. The van der Waals surface area contributed by atoms with Crippen LogP contribution in [0.2, 0.25) is 0 Å². The van der Waals surface area contributed by atoms with Crippen LogP contribution in [0.5, 0.6) is 0 Å². The van der Waals surface area contributed by atoms with Gasteiger partial charge in [-0.05, 0) is 6.42 Å². The van der Waals surface area contributed by atoms with E-state index in [1.54, 1.807) is 0 Å². The van der Waals surface area contributed by atoms with E-state index < -0.39 is 15.3 Å². The van der Waals surface area contributed by atoms with Gasteiger partial charge in [0.05, 0.1) is 11.9 Å². The number of ether oxygens (including phenoxy) is 1. The molecule has 2 unspecified atom stereocenters. The number of aliphatic hydroxyl groups is 1. The van der Waals surface area contributed by atoms with Crippen LogP contribution in [-0.4, -0.2) is 37.9 Å². The van der Waals surface area contributed by atoms with Crippen molar-refractivity contribution in [3.8, 4) is 0 Å². The highest BCUT2D eigenvalue weighted by Crippen LogP contribution is 2.19. The van der Waals surface area contributed by atoms with Crippen molar-refractivity contribution in [3.63, 3.8) is 0 Å². The van der Waals surface area contributed by atoms with Gasteiger partial charge in [-0.2, -0.15) is 0 Å². The quantitative estimate of drug-likeness (QED) is 0.592. The van der Waals surface area contributed by atoms with Gasteiger partial charge in [-0.3, -0.25) is 0 Å². The monoisotopic (exact) mass is 180 g/mol. The molecule has 0 aromatic carbocycles. The molecule has 1 fully saturated rings. The van der Waals surface area contributed by atoms with E-state index in [0.29, 0.717) is 6.42 Å². The number of hydrogen-bond donors (Lipinski definition) is 1. The molecule has 1 aliphatic heterocycles. The number of rotatable bonds is 1. The summed E-state index contributed by atoms with van der Waals surface area (Å²) in [5, 5.41) is 9.07. The van der Waals surface area contributed by atoms with Crippen molar-refractivity contribution < 1.29 is 18.3 Å². The van der Waals surface area contributed by atoms with Crippen molar-refractivity contribution in [1.82, 2.24) is 0 Å². The second kappa shape index (κ2) is 3.08. The first-order valence-electron chi connectivity index (χ1n) is 3.48. The van der Waals surface area contributed by atoms with Gasteiger partial charge in [0.15, 0.2) is 15.3 Å². The maximum Gasteiger partial charge on any atom is 0.177 e. The maximum absolute atomic E-state index is 10.9. The van der Waals surface area contributed by atoms with Gasteiger partial charge >= 0.3 is 0 Å². The highest BCUT2D eigenvalue weighted by molar-refractivity contribution is 7.91. The van der Waals surface area contributed by atoms with Gasteiger partial charge in [0.2, 0.25) is 0 Å². The fourth-order valence-electron chi connectivity index (χ4n) is 1.14. The van der Waals surface area contributed by atoms with Crippen LogP contribution in [0, 0.1) is 0 Å². The Labute approximate surface area is 66.1 Å². The lowest BCUT2D eigenvalue weighted by atomic mass is 10.2. The second-order valence-electron chi connectivity index (χ2n) is 2.70. The van der Waals surface area contributed by atoms with E-state index >= 15 is 0 Å². The van der Waals surface area contributed by atoms with Crippen molar-refractivity contribution in [1.29, 1.82) is 0 Å². The Bertz CT molecular complexity index is 221. The van der Waals surface area contributed by atoms with E-state index in [1.807, 2.05) is 0 Å². The van der Waals surface area contributed by atoms with Crippen molar-refractivity contribution in [2.45, 2.75) is 24.4 Å². The third-order valence-electron chi connectivity index (χ3n) is 1.94. The van der Waals surface area contributed by atoms with Gasteiger partial charge in [0.25, 0.3) is 0 Å². The van der Waals surface area contributed by atoms with Gasteiger partial charge < -0.3 is 9.84 Å². The smallest absolute Gasteiger partial charge is 0.177 e. The molecule has 0 spiro atoms. The first kappa shape index (κ1) is 8.96. The Morgan fingerprint density at radius 2 is 2.18 bits per heavy atom. The molecule has 5 heteroatoms. The predicted octanol–water partition coefficient (Wildman–Crippen LogP) is -0.472. The van der Waals surface area contributed by atoms with Gasteiger partial charge in [-0.25, -0.2) is 8.42 Å². The maximum atomic E-state index is 10.9. The van der Waals surface area contributed by atoms with Gasteiger partial charge in [-0.15, -0.1) is 0 Å². The molecule has 0 aliphatic carbocycles. The van der Waals surface area contributed by atoms with Crippen LogP contribution >= 0.6 is 0 Å². The molecular formula is C6H12O4S. The summed E-state index contributed by atoms with van der Waals surface area (Å²) >= 11 is 0. The first-order valence-corrected chi connectivity index (χ1v) is 5.20. The van der Waals surface area contributed by atoms with Crippen molar-refractivity contribution in [3.05, 3.63) is 0 Å². The van der Waals surface area contributed by atoms with Gasteiger partial charge in [-0.1, -0.05) is 0 Å². The molecule has 0 bridgehead atoms. The molecule has 2 atom stereocenters. The number of hydrogen-bond acceptors (Lipinski definition) is 4. The average Bonchev–Trinajstić information content (AvgIpc) is 1.95. The fourth-order valence-corrected chi connectivity index (χ4v) is 2.51. The van der Waals surface area contributed by atoms with Crippen LogP contribution in [0.4, 0.5) is 0 Å². The molecule has 4 nitrogen and oxygen atoms in total. The first-order chi connectivity index (χ1) is 5.06. The summed E-state index contributed by atoms with van der Waals surface area (Å²) in [5.41, 5.74) is -1.22. The third-order valence-corrected chi connectivity index (χ3v) is 3.76. The lowest BCUT2D eigenvalue weighted by molar-refractivity contribution is 0.0589. The number of aliphatic hydroxyl groups excluding tert-OH is 1. The Balaban J connectivity index is 2.62. The zero-order valence-electron chi connectivity index (χ0n) is 6.36. The number of sulfone groups is 1. The fraction of sp³-hybridized carbons (Fsp3) is 1.00. The van der Waals surface area contributed by atoms with Crippen molar-refractivity contribution >= 4 is 9.84 Å². The molecule has 1 heterocycles. The molecule has 0 aromatic rings. The SMILES string of the molecule is COC1CCS(=O)(=O)C(O)C1. The zero-order valence-corrected chi connectivity index (χ0v) is 7.17. The normalized spacial score (nSPS) is 36.9. The zero-order chi connectivity index (χ0) is 8.48. The second-order valence-corrected chi connectivity index (χ2v) is 4.98. The summed E-state index contributed by atoms with van der Waals surface area (Å²) in [7, 11) is -1.71. The summed E-state index contributed by atoms with van der Waals surface area (Å²) in [6.45, 7) is 0. The molecule has 11 heavy (non-hydrogen) atoms. The summed E-state index contributed by atoms with van der Waals surface area (Å²) in [6, 6.07) is 0. The average molecular weight is 180 g/mol. The van der Waals surface area contributed by atoms with Crippen LogP contribution in [0.1, 0.15) is 12.8 Å². The Morgan fingerprint density at radius 1 is 1.55 bits per heavy atom.